The molecule has 0 aromatic heterocycles. The summed E-state index contributed by atoms with van der Waals surface area (Å²) in [5.41, 5.74) is 5.91. The van der Waals surface area contributed by atoms with Crippen molar-refractivity contribution in [2.75, 3.05) is 0 Å². The van der Waals surface area contributed by atoms with Crippen LogP contribution < -0.4 is 0 Å². The van der Waals surface area contributed by atoms with E-state index in [0.717, 1.165) is 6.42 Å². The van der Waals surface area contributed by atoms with Crippen LogP contribution in [0.1, 0.15) is 59.1 Å². The quantitative estimate of drug-likeness (QED) is 0.615. The zero-order valence-electron chi connectivity index (χ0n) is 14.3. The maximum atomic E-state index is 2.31. The largest absolute Gasteiger partial charge is 0.0646 e. The Morgan fingerprint density at radius 3 is 1.86 bits per heavy atom. The number of rotatable bonds is 3. The van der Waals surface area contributed by atoms with E-state index in [1.165, 1.54) is 22.3 Å². The minimum Gasteiger partial charge on any atom is -0.0646 e. The van der Waals surface area contributed by atoms with Gasteiger partial charge in [-0.25, -0.2) is 0 Å². The molecule has 0 unspecified atom stereocenters. The van der Waals surface area contributed by atoms with Gasteiger partial charge in [0, 0.05) is 0 Å². The third-order valence-electron chi connectivity index (χ3n) is 4.60. The molecule has 0 aliphatic carbocycles. The summed E-state index contributed by atoms with van der Waals surface area (Å²) in [4.78, 5) is 0. The summed E-state index contributed by atoms with van der Waals surface area (Å²) in [6, 6.07) is 17.9. The zero-order chi connectivity index (χ0) is 15.7. The van der Waals surface area contributed by atoms with E-state index in [0.29, 0.717) is 0 Å². The molecule has 0 N–H and O–H groups in total. The van der Waals surface area contributed by atoms with E-state index in [9.17, 15) is 0 Å². The Morgan fingerprint density at radius 1 is 0.762 bits per heavy atom. The maximum absolute atomic E-state index is 2.31. The molecule has 2 aromatic rings. The molecule has 0 heterocycles. The van der Waals surface area contributed by atoms with Gasteiger partial charge in [-0.3, -0.25) is 0 Å². The first-order chi connectivity index (χ1) is 9.75. The van der Waals surface area contributed by atoms with Crippen molar-refractivity contribution in [1.82, 2.24) is 0 Å². The predicted octanol–water partition coefficient (Wildman–Crippen LogP) is 6.34. The second-order valence-electron chi connectivity index (χ2n) is 7.61. The first kappa shape index (κ1) is 15.8. The highest BCUT2D eigenvalue weighted by molar-refractivity contribution is 5.69. The minimum atomic E-state index is 0.165. The first-order valence-corrected chi connectivity index (χ1v) is 7.96. The smallest absolute Gasteiger partial charge is 0.0106 e. The summed E-state index contributed by atoms with van der Waals surface area (Å²) in [5.74, 6) is 0. The Morgan fingerprint density at radius 2 is 1.33 bits per heavy atom. The lowest BCUT2D eigenvalue weighted by Crippen LogP contribution is -2.15. The summed E-state index contributed by atoms with van der Waals surface area (Å²) in [5, 5.41) is 0. The van der Waals surface area contributed by atoms with E-state index in [1.807, 2.05) is 0 Å². The van der Waals surface area contributed by atoms with Gasteiger partial charge in [0.25, 0.3) is 0 Å². The SMILES string of the molecule is CCC(C)(C)c1ccc(-c2ccccc2C(C)(C)C)cc1. The van der Waals surface area contributed by atoms with Crippen molar-refractivity contribution in [3.05, 3.63) is 59.7 Å². The number of hydrogen-bond acceptors (Lipinski definition) is 0. The lowest BCUT2D eigenvalue weighted by molar-refractivity contribution is 0.506. The van der Waals surface area contributed by atoms with Gasteiger partial charge in [-0.2, -0.15) is 0 Å². The van der Waals surface area contributed by atoms with Crippen LogP contribution in [0.2, 0.25) is 0 Å². The summed E-state index contributed by atoms with van der Waals surface area (Å²) < 4.78 is 0. The van der Waals surface area contributed by atoms with Crippen LogP contribution in [0.15, 0.2) is 48.5 Å². The van der Waals surface area contributed by atoms with E-state index >= 15 is 0 Å². The molecule has 0 aliphatic heterocycles. The van der Waals surface area contributed by atoms with Crippen molar-refractivity contribution in [1.29, 1.82) is 0 Å². The Hall–Kier alpha value is -1.56. The molecule has 2 aromatic carbocycles. The average molecular weight is 280 g/mol. The van der Waals surface area contributed by atoms with Gasteiger partial charge in [0.1, 0.15) is 0 Å². The highest BCUT2D eigenvalue weighted by atomic mass is 14.2. The van der Waals surface area contributed by atoms with Gasteiger partial charge < -0.3 is 0 Å². The van der Waals surface area contributed by atoms with Crippen molar-refractivity contribution >= 4 is 0 Å². The molecule has 0 saturated carbocycles. The van der Waals surface area contributed by atoms with E-state index in [-0.39, 0.29) is 10.8 Å². The van der Waals surface area contributed by atoms with Crippen molar-refractivity contribution in [2.24, 2.45) is 0 Å². The Bertz CT molecular complexity index is 595. The van der Waals surface area contributed by atoms with Crippen molar-refractivity contribution in [3.63, 3.8) is 0 Å². The lowest BCUT2D eigenvalue weighted by atomic mass is 9.79. The summed E-state index contributed by atoms with van der Waals surface area (Å²) in [6.07, 6.45) is 1.16. The van der Waals surface area contributed by atoms with Gasteiger partial charge in [-0.15, -0.1) is 0 Å². The van der Waals surface area contributed by atoms with E-state index in [2.05, 4.69) is 90.1 Å². The number of hydrogen-bond donors (Lipinski definition) is 0. The van der Waals surface area contributed by atoms with Gasteiger partial charge in [0.15, 0.2) is 0 Å². The van der Waals surface area contributed by atoms with Crippen LogP contribution in [0.4, 0.5) is 0 Å². The molecule has 112 valence electrons. The first-order valence-electron chi connectivity index (χ1n) is 7.96. The highest BCUT2D eigenvalue weighted by Crippen LogP contribution is 2.34. The van der Waals surface area contributed by atoms with Gasteiger partial charge in [0.05, 0.1) is 0 Å². The zero-order valence-corrected chi connectivity index (χ0v) is 14.3. The number of benzene rings is 2. The Balaban J connectivity index is 2.45. The predicted molar refractivity (Wildman–Crippen MR) is 93.9 cm³/mol. The summed E-state index contributed by atoms with van der Waals surface area (Å²) in [6.45, 7) is 13.7. The molecule has 0 radical (unpaired) electrons. The standard InChI is InChI=1S/C21H28/c1-7-21(5,6)17-14-12-16(13-15-17)18-10-8-9-11-19(18)20(2,3)4/h8-15H,7H2,1-6H3. The molecule has 0 aliphatic rings. The van der Waals surface area contributed by atoms with Crippen LogP contribution in [-0.2, 0) is 10.8 Å². The van der Waals surface area contributed by atoms with Gasteiger partial charge >= 0.3 is 0 Å². The van der Waals surface area contributed by atoms with Crippen LogP contribution in [0.5, 0.6) is 0 Å². The molecule has 0 heteroatoms. The molecular weight excluding hydrogens is 252 g/mol. The summed E-state index contributed by atoms with van der Waals surface area (Å²) >= 11 is 0. The average Bonchev–Trinajstić information content (AvgIpc) is 2.46. The third-order valence-corrected chi connectivity index (χ3v) is 4.60. The Labute approximate surface area is 130 Å². The molecule has 0 bridgehead atoms. The van der Waals surface area contributed by atoms with E-state index in [1.54, 1.807) is 0 Å². The molecule has 0 spiro atoms. The molecule has 21 heavy (non-hydrogen) atoms. The van der Waals surface area contributed by atoms with Gasteiger partial charge in [-0.1, -0.05) is 90.1 Å². The molecule has 2 rings (SSSR count). The third kappa shape index (κ3) is 3.37. The lowest BCUT2D eigenvalue weighted by Gasteiger charge is -2.25. The maximum Gasteiger partial charge on any atom is -0.0106 e. The van der Waals surface area contributed by atoms with Crippen LogP contribution in [0.3, 0.4) is 0 Å². The normalized spacial score (nSPS) is 12.5. The monoisotopic (exact) mass is 280 g/mol. The van der Waals surface area contributed by atoms with E-state index in [4.69, 9.17) is 0 Å². The molecule has 0 fully saturated rings. The van der Waals surface area contributed by atoms with Crippen molar-refractivity contribution in [3.8, 4) is 11.1 Å². The van der Waals surface area contributed by atoms with Crippen LogP contribution in [0.25, 0.3) is 11.1 Å². The fourth-order valence-corrected chi connectivity index (χ4v) is 2.69. The molecule has 0 atom stereocenters. The van der Waals surface area contributed by atoms with Crippen LogP contribution in [-0.4, -0.2) is 0 Å². The fourth-order valence-electron chi connectivity index (χ4n) is 2.69. The van der Waals surface area contributed by atoms with Crippen LogP contribution >= 0.6 is 0 Å². The Kier molecular flexibility index (Phi) is 4.27. The second kappa shape index (κ2) is 5.67. The molecule has 0 saturated heterocycles. The van der Waals surface area contributed by atoms with Crippen molar-refractivity contribution < 1.29 is 0 Å². The molecule has 0 nitrogen and oxygen atoms in total. The van der Waals surface area contributed by atoms with E-state index < -0.39 is 0 Å². The van der Waals surface area contributed by atoms with Crippen molar-refractivity contribution in [2.45, 2.75) is 58.8 Å². The second-order valence-corrected chi connectivity index (χ2v) is 7.61. The van der Waals surface area contributed by atoms with Crippen LogP contribution in [0, 0.1) is 0 Å². The topological polar surface area (TPSA) is 0 Å². The minimum absolute atomic E-state index is 0.165. The molecular formula is C21H28. The highest BCUT2D eigenvalue weighted by Gasteiger charge is 2.20. The van der Waals surface area contributed by atoms with Gasteiger partial charge in [0.2, 0.25) is 0 Å². The molecule has 0 amide bonds. The van der Waals surface area contributed by atoms with Gasteiger partial charge in [-0.05, 0) is 39.5 Å². The fraction of sp³-hybridized carbons (Fsp3) is 0.429. The summed E-state index contributed by atoms with van der Waals surface area (Å²) in [7, 11) is 0.